The molecule has 0 aliphatic heterocycles. The number of hydrogen-bond donors (Lipinski definition) is 2. The molecule has 1 aliphatic carbocycles. The third-order valence-corrected chi connectivity index (χ3v) is 4.53. The number of fused-ring (bicyclic) bond motifs is 1. The van der Waals surface area contributed by atoms with Gasteiger partial charge in [-0.05, 0) is 48.6 Å². The van der Waals surface area contributed by atoms with Crippen molar-refractivity contribution in [1.29, 1.82) is 0 Å². The smallest absolute Gasteiger partial charge is 0.368 e. The van der Waals surface area contributed by atoms with Gasteiger partial charge in [-0.15, -0.1) is 15.3 Å². The van der Waals surface area contributed by atoms with Crippen LogP contribution in [0, 0.1) is 5.92 Å². The molecule has 3 aromatic heterocycles. The highest BCUT2D eigenvalue weighted by Gasteiger charge is 2.35. The van der Waals surface area contributed by atoms with Gasteiger partial charge in [-0.1, -0.05) is 0 Å². The molecule has 0 aromatic carbocycles. The van der Waals surface area contributed by atoms with Crippen LogP contribution in [0.25, 0.3) is 5.65 Å². The van der Waals surface area contributed by atoms with E-state index in [0.29, 0.717) is 23.9 Å². The molecule has 0 saturated heterocycles. The Morgan fingerprint density at radius 3 is 2.74 bits per heavy atom. The van der Waals surface area contributed by atoms with Gasteiger partial charge < -0.3 is 10.6 Å². The molecule has 0 amide bonds. The molecule has 0 bridgehead atoms. The second kappa shape index (κ2) is 6.80. The minimum absolute atomic E-state index is 0.0792. The summed E-state index contributed by atoms with van der Waals surface area (Å²) in [6.07, 6.45) is -1.82. The van der Waals surface area contributed by atoms with Crippen molar-refractivity contribution >= 4 is 28.9 Å². The topological polar surface area (TPSA) is 92.9 Å². The number of hydrogen-bond acceptors (Lipinski definition) is 7. The average Bonchev–Trinajstić information content (AvgIpc) is 2.97. The fourth-order valence-corrected chi connectivity index (χ4v) is 3.07. The highest BCUT2D eigenvalue weighted by atomic mass is 35.5. The lowest BCUT2D eigenvalue weighted by molar-refractivity contribution is -0.144. The van der Waals surface area contributed by atoms with Crippen LogP contribution in [-0.2, 0) is 6.18 Å². The van der Waals surface area contributed by atoms with E-state index in [2.05, 4.69) is 35.9 Å². The molecule has 3 heterocycles. The van der Waals surface area contributed by atoms with Gasteiger partial charge in [0.05, 0.1) is 0 Å². The largest absolute Gasteiger partial charge is 0.451 e. The van der Waals surface area contributed by atoms with Crippen molar-refractivity contribution < 1.29 is 13.2 Å². The molecule has 142 valence electrons. The zero-order chi connectivity index (χ0) is 19.0. The van der Waals surface area contributed by atoms with Crippen LogP contribution in [0.1, 0.15) is 18.7 Å². The fraction of sp³-hybridized carbons (Fsp3) is 0.400. The van der Waals surface area contributed by atoms with Crippen molar-refractivity contribution in [2.24, 2.45) is 5.92 Å². The normalized spacial score (nSPS) is 19.7. The maximum Gasteiger partial charge on any atom is 0.451 e. The molecule has 0 radical (unpaired) electrons. The monoisotopic (exact) mass is 398 g/mol. The van der Waals surface area contributed by atoms with Crippen LogP contribution in [-0.4, -0.2) is 42.4 Å². The van der Waals surface area contributed by atoms with Crippen LogP contribution in [0.3, 0.4) is 0 Å². The number of alkyl halides is 3. The first kappa shape index (κ1) is 17.7. The van der Waals surface area contributed by atoms with Crippen molar-refractivity contribution in [3.8, 4) is 0 Å². The third kappa shape index (κ3) is 3.87. The Balaban J connectivity index is 1.28. The molecule has 0 atom stereocenters. The van der Waals surface area contributed by atoms with Gasteiger partial charge in [0.15, 0.2) is 5.65 Å². The van der Waals surface area contributed by atoms with Crippen molar-refractivity contribution in [2.75, 3.05) is 17.2 Å². The number of aromatic nitrogens is 6. The Hall–Kier alpha value is -2.69. The molecule has 1 saturated carbocycles. The predicted molar refractivity (Wildman–Crippen MR) is 91.5 cm³/mol. The first-order valence-electron chi connectivity index (χ1n) is 8.17. The zero-order valence-electron chi connectivity index (χ0n) is 13.8. The lowest BCUT2D eigenvalue weighted by atomic mass is 9.80. The first-order chi connectivity index (χ1) is 12.9. The van der Waals surface area contributed by atoms with Crippen LogP contribution in [0.4, 0.5) is 24.8 Å². The van der Waals surface area contributed by atoms with Gasteiger partial charge in [0.2, 0.25) is 11.1 Å². The van der Waals surface area contributed by atoms with Gasteiger partial charge in [0, 0.05) is 18.8 Å². The minimum Gasteiger partial charge on any atom is -0.368 e. The third-order valence-electron chi connectivity index (χ3n) is 4.29. The number of nitrogens with zero attached hydrogens (tertiary/aromatic N) is 6. The molecule has 12 heteroatoms. The maximum absolute atomic E-state index is 12.6. The minimum atomic E-state index is -4.55. The number of anilines is 2. The summed E-state index contributed by atoms with van der Waals surface area (Å²) in [5.74, 6) is 0.0637. The Morgan fingerprint density at radius 2 is 1.96 bits per heavy atom. The van der Waals surface area contributed by atoms with E-state index in [1.807, 2.05) is 0 Å². The standard InChI is InChI=1S/C15H14ClF3N8/c16-14-25-24-12-2-1-10(26-27(12)14)21-7-8-5-9(6-8)22-11-3-4-20-13(23-11)15(17,18)19/h1-4,8-9H,5-7H2,(H,21,26)(H,20,22,23). The summed E-state index contributed by atoms with van der Waals surface area (Å²) in [6.45, 7) is 0.688. The van der Waals surface area contributed by atoms with E-state index in [-0.39, 0.29) is 17.1 Å². The van der Waals surface area contributed by atoms with E-state index in [1.165, 1.54) is 10.6 Å². The average molecular weight is 399 g/mol. The molecule has 0 spiro atoms. The van der Waals surface area contributed by atoms with Crippen molar-refractivity contribution in [2.45, 2.75) is 25.1 Å². The van der Waals surface area contributed by atoms with E-state index in [1.54, 1.807) is 12.1 Å². The summed E-state index contributed by atoms with van der Waals surface area (Å²) in [5.41, 5.74) is 0.557. The van der Waals surface area contributed by atoms with E-state index >= 15 is 0 Å². The molecule has 4 rings (SSSR count). The second-order valence-electron chi connectivity index (χ2n) is 6.28. The second-order valence-corrected chi connectivity index (χ2v) is 6.62. The summed E-state index contributed by atoms with van der Waals surface area (Å²) < 4.78 is 39.4. The summed E-state index contributed by atoms with van der Waals surface area (Å²) in [7, 11) is 0. The van der Waals surface area contributed by atoms with E-state index in [0.717, 1.165) is 19.0 Å². The Kier molecular flexibility index (Phi) is 4.46. The molecule has 2 N–H and O–H groups in total. The van der Waals surface area contributed by atoms with Crippen LogP contribution in [0.5, 0.6) is 0 Å². The summed E-state index contributed by atoms with van der Waals surface area (Å²) in [4.78, 5) is 6.77. The Labute approximate surface area is 156 Å². The molecule has 27 heavy (non-hydrogen) atoms. The van der Waals surface area contributed by atoms with Gasteiger partial charge in [-0.3, -0.25) is 0 Å². The maximum atomic E-state index is 12.6. The highest BCUT2D eigenvalue weighted by molar-refractivity contribution is 6.28. The molecular weight excluding hydrogens is 385 g/mol. The van der Waals surface area contributed by atoms with Crippen molar-refractivity contribution in [3.63, 3.8) is 0 Å². The molecule has 1 fully saturated rings. The van der Waals surface area contributed by atoms with Crippen LogP contribution < -0.4 is 10.6 Å². The predicted octanol–water partition coefficient (Wildman–Crippen LogP) is 2.89. The molecular formula is C15H14ClF3N8. The summed E-state index contributed by atoms with van der Waals surface area (Å²) >= 11 is 5.89. The zero-order valence-corrected chi connectivity index (χ0v) is 14.5. The SMILES string of the molecule is FC(F)(F)c1nccc(NC2CC(CNc3ccc4nnc(Cl)n4n3)C2)n1. The number of nitrogens with one attached hydrogen (secondary N) is 2. The van der Waals surface area contributed by atoms with Crippen LogP contribution in [0.2, 0.25) is 5.28 Å². The van der Waals surface area contributed by atoms with Gasteiger partial charge in [-0.25, -0.2) is 9.97 Å². The van der Waals surface area contributed by atoms with E-state index in [4.69, 9.17) is 11.6 Å². The van der Waals surface area contributed by atoms with Gasteiger partial charge in [-0.2, -0.15) is 17.7 Å². The molecule has 8 nitrogen and oxygen atoms in total. The highest BCUT2D eigenvalue weighted by Crippen LogP contribution is 2.31. The van der Waals surface area contributed by atoms with Crippen molar-refractivity contribution in [1.82, 2.24) is 29.8 Å². The van der Waals surface area contributed by atoms with Crippen LogP contribution in [0.15, 0.2) is 24.4 Å². The number of halogens is 4. The summed E-state index contributed by atoms with van der Waals surface area (Å²) in [6, 6.07) is 5.06. The molecule has 0 unspecified atom stereocenters. The Bertz CT molecular complexity index is 954. The fourth-order valence-electron chi connectivity index (χ4n) is 2.91. The number of rotatable bonds is 5. The lowest BCUT2D eigenvalue weighted by Crippen LogP contribution is -2.39. The first-order valence-corrected chi connectivity index (χ1v) is 8.55. The van der Waals surface area contributed by atoms with Crippen molar-refractivity contribution in [3.05, 3.63) is 35.5 Å². The van der Waals surface area contributed by atoms with Gasteiger partial charge >= 0.3 is 6.18 Å². The lowest BCUT2D eigenvalue weighted by Gasteiger charge is -2.36. The van der Waals surface area contributed by atoms with Crippen LogP contribution >= 0.6 is 11.6 Å². The molecule has 3 aromatic rings. The van der Waals surface area contributed by atoms with Gasteiger partial charge in [0.25, 0.3) is 0 Å². The summed E-state index contributed by atoms with van der Waals surface area (Å²) in [5, 5.41) is 18.3. The quantitative estimate of drug-likeness (QED) is 0.682. The van der Waals surface area contributed by atoms with E-state index in [9.17, 15) is 13.2 Å². The van der Waals surface area contributed by atoms with Gasteiger partial charge in [0.1, 0.15) is 11.6 Å². The molecule has 1 aliphatic rings. The Morgan fingerprint density at radius 1 is 1.15 bits per heavy atom. The van der Waals surface area contributed by atoms with E-state index < -0.39 is 12.0 Å².